The molecule has 1 aliphatic carbocycles. The molecule has 0 spiro atoms. The monoisotopic (exact) mass is 198 g/mol. The first-order chi connectivity index (χ1) is 6.81. The van der Waals surface area contributed by atoms with Gasteiger partial charge in [-0.3, -0.25) is 0 Å². The number of fused-ring (bicyclic) bond motifs is 1. The molecular formula is C11H18O3. The van der Waals surface area contributed by atoms with Gasteiger partial charge in [-0.15, -0.1) is 6.58 Å². The number of rotatable bonds is 5. The molecule has 14 heavy (non-hydrogen) atoms. The van der Waals surface area contributed by atoms with Crippen LogP contribution in [0.1, 0.15) is 19.3 Å². The normalized spacial score (nSPS) is 37.4. The maximum Gasteiger partial charge on any atom is 0.0845 e. The molecule has 80 valence electrons. The largest absolute Gasteiger partial charge is 0.390 e. The Morgan fingerprint density at radius 3 is 3.07 bits per heavy atom. The van der Waals surface area contributed by atoms with Gasteiger partial charge in [0.05, 0.1) is 31.5 Å². The molecule has 1 saturated heterocycles. The van der Waals surface area contributed by atoms with E-state index in [4.69, 9.17) is 9.47 Å². The second-order valence-corrected chi connectivity index (χ2v) is 4.18. The van der Waals surface area contributed by atoms with E-state index in [1.54, 1.807) is 6.08 Å². The van der Waals surface area contributed by atoms with Crippen LogP contribution in [0.3, 0.4) is 0 Å². The maximum absolute atomic E-state index is 9.82. The summed E-state index contributed by atoms with van der Waals surface area (Å²) in [7, 11) is 0. The smallest absolute Gasteiger partial charge is 0.0845 e. The summed E-state index contributed by atoms with van der Waals surface area (Å²) < 4.78 is 10.7. The summed E-state index contributed by atoms with van der Waals surface area (Å²) in [5.41, 5.74) is 0. The van der Waals surface area contributed by atoms with Gasteiger partial charge in [0.15, 0.2) is 0 Å². The molecule has 1 heterocycles. The lowest BCUT2D eigenvalue weighted by molar-refractivity contribution is 0.00543. The van der Waals surface area contributed by atoms with Crippen LogP contribution in [0.25, 0.3) is 0 Å². The molecular weight excluding hydrogens is 180 g/mol. The van der Waals surface area contributed by atoms with Crippen molar-refractivity contribution in [1.29, 1.82) is 0 Å². The topological polar surface area (TPSA) is 42.0 Å². The second-order valence-electron chi connectivity index (χ2n) is 4.18. The Balaban J connectivity index is 1.68. The zero-order valence-electron chi connectivity index (χ0n) is 8.39. The zero-order valence-corrected chi connectivity index (χ0v) is 8.39. The molecule has 2 aliphatic rings. The predicted octanol–water partition coefficient (Wildman–Crippen LogP) is 1.12. The van der Waals surface area contributed by atoms with Crippen LogP contribution < -0.4 is 0 Å². The summed E-state index contributed by atoms with van der Waals surface area (Å²) in [6.07, 6.45) is 5.49. The highest BCUT2D eigenvalue weighted by Gasteiger charge is 2.45. The molecule has 4 unspecified atom stereocenters. The summed E-state index contributed by atoms with van der Waals surface area (Å²) in [4.78, 5) is 0. The van der Waals surface area contributed by atoms with Crippen molar-refractivity contribution in [2.75, 3.05) is 13.2 Å². The third kappa shape index (κ3) is 2.35. The average molecular weight is 198 g/mol. The van der Waals surface area contributed by atoms with E-state index in [1.165, 1.54) is 0 Å². The molecule has 0 aromatic rings. The number of aliphatic hydroxyl groups excluding tert-OH is 1. The lowest BCUT2D eigenvalue weighted by Crippen LogP contribution is -2.29. The van der Waals surface area contributed by atoms with Crippen molar-refractivity contribution in [3.05, 3.63) is 12.7 Å². The zero-order chi connectivity index (χ0) is 9.97. The van der Waals surface area contributed by atoms with Gasteiger partial charge in [0.25, 0.3) is 0 Å². The second kappa shape index (κ2) is 4.43. The van der Waals surface area contributed by atoms with E-state index in [9.17, 15) is 5.11 Å². The van der Waals surface area contributed by atoms with E-state index in [0.717, 1.165) is 19.3 Å². The predicted molar refractivity (Wildman–Crippen MR) is 53.0 cm³/mol. The van der Waals surface area contributed by atoms with Crippen LogP contribution in [0.5, 0.6) is 0 Å². The first kappa shape index (κ1) is 10.1. The molecule has 4 atom stereocenters. The fraction of sp³-hybridized carbons (Fsp3) is 0.818. The van der Waals surface area contributed by atoms with Crippen molar-refractivity contribution in [3.63, 3.8) is 0 Å². The quantitative estimate of drug-likeness (QED) is 0.409. The Bertz CT molecular complexity index is 205. The van der Waals surface area contributed by atoms with Gasteiger partial charge in [0.2, 0.25) is 0 Å². The summed E-state index contributed by atoms with van der Waals surface area (Å²) >= 11 is 0. The molecule has 1 N–H and O–H groups in total. The van der Waals surface area contributed by atoms with Gasteiger partial charge >= 0.3 is 0 Å². The number of hydrogen-bond donors (Lipinski definition) is 1. The van der Waals surface area contributed by atoms with Crippen LogP contribution in [-0.2, 0) is 9.47 Å². The number of hydrogen-bond acceptors (Lipinski definition) is 3. The molecule has 3 nitrogen and oxygen atoms in total. The van der Waals surface area contributed by atoms with Crippen molar-refractivity contribution in [1.82, 2.24) is 0 Å². The highest BCUT2D eigenvalue weighted by Crippen LogP contribution is 2.40. The molecule has 3 heteroatoms. The fourth-order valence-electron chi connectivity index (χ4n) is 2.19. The molecule has 1 saturated carbocycles. The minimum absolute atomic E-state index is 0.333. The summed E-state index contributed by atoms with van der Waals surface area (Å²) in [6, 6.07) is 0. The van der Waals surface area contributed by atoms with E-state index < -0.39 is 0 Å². The van der Waals surface area contributed by atoms with Gasteiger partial charge in [-0.1, -0.05) is 6.08 Å². The van der Waals surface area contributed by atoms with Crippen LogP contribution in [0.2, 0.25) is 0 Å². The van der Waals surface area contributed by atoms with Gasteiger partial charge < -0.3 is 14.6 Å². The molecule has 2 fully saturated rings. The minimum Gasteiger partial charge on any atom is -0.390 e. The number of epoxide rings is 1. The van der Waals surface area contributed by atoms with Gasteiger partial charge in [0.1, 0.15) is 0 Å². The summed E-state index contributed by atoms with van der Waals surface area (Å²) in [6.45, 7) is 4.51. The third-order valence-corrected chi connectivity index (χ3v) is 3.11. The minimum atomic E-state index is -0.333. The highest BCUT2D eigenvalue weighted by molar-refractivity contribution is 4.93. The summed E-state index contributed by atoms with van der Waals surface area (Å²) in [5, 5.41) is 9.82. The molecule has 0 aromatic heterocycles. The van der Waals surface area contributed by atoms with Crippen molar-refractivity contribution >= 4 is 0 Å². The van der Waals surface area contributed by atoms with E-state index in [0.29, 0.717) is 31.3 Å². The van der Waals surface area contributed by atoms with Crippen LogP contribution >= 0.6 is 0 Å². The molecule has 2 rings (SSSR count). The molecule has 0 bridgehead atoms. The standard InChI is InChI=1S/C11H18O3/c1-2-5-13-7-9(12)8-3-4-10-11(6-8)14-10/h2,8-12H,1,3-7H2. The van der Waals surface area contributed by atoms with Crippen LogP contribution in [0.4, 0.5) is 0 Å². The first-order valence-corrected chi connectivity index (χ1v) is 5.33. The van der Waals surface area contributed by atoms with Gasteiger partial charge in [-0.05, 0) is 25.2 Å². The summed E-state index contributed by atoms with van der Waals surface area (Å²) in [5.74, 6) is 0.364. The maximum atomic E-state index is 9.82. The van der Waals surface area contributed by atoms with E-state index in [1.807, 2.05) is 0 Å². The van der Waals surface area contributed by atoms with Gasteiger partial charge in [0, 0.05) is 0 Å². The Morgan fingerprint density at radius 1 is 1.50 bits per heavy atom. The SMILES string of the molecule is C=CCOCC(O)C1CCC2OC2C1. The molecule has 0 aromatic carbocycles. The molecule has 0 amide bonds. The molecule has 0 radical (unpaired) electrons. The van der Waals surface area contributed by atoms with Crippen LogP contribution in [0, 0.1) is 5.92 Å². The highest BCUT2D eigenvalue weighted by atomic mass is 16.6. The van der Waals surface area contributed by atoms with Gasteiger partial charge in [-0.25, -0.2) is 0 Å². The first-order valence-electron chi connectivity index (χ1n) is 5.33. The third-order valence-electron chi connectivity index (χ3n) is 3.11. The van der Waals surface area contributed by atoms with Crippen molar-refractivity contribution in [3.8, 4) is 0 Å². The van der Waals surface area contributed by atoms with Crippen molar-refractivity contribution < 1.29 is 14.6 Å². The van der Waals surface area contributed by atoms with E-state index in [-0.39, 0.29) is 6.10 Å². The lowest BCUT2D eigenvalue weighted by atomic mass is 9.85. The number of aliphatic hydroxyl groups is 1. The Morgan fingerprint density at radius 2 is 2.36 bits per heavy atom. The van der Waals surface area contributed by atoms with Crippen molar-refractivity contribution in [2.45, 2.75) is 37.6 Å². The Labute approximate surface area is 84.7 Å². The van der Waals surface area contributed by atoms with Crippen LogP contribution in [0.15, 0.2) is 12.7 Å². The van der Waals surface area contributed by atoms with E-state index >= 15 is 0 Å². The van der Waals surface area contributed by atoms with Crippen LogP contribution in [-0.4, -0.2) is 36.6 Å². The Hall–Kier alpha value is -0.380. The van der Waals surface area contributed by atoms with Gasteiger partial charge in [-0.2, -0.15) is 0 Å². The average Bonchev–Trinajstić information content (AvgIpc) is 2.95. The lowest BCUT2D eigenvalue weighted by Gasteiger charge is -2.24. The number of ether oxygens (including phenoxy) is 2. The van der Waals surface area contributed by atoms with E-state index in [2.05, 4.69) is 6.58 Å². The molecule has 1 aliphatic heterocycles. The van der Waals surface area contributed by atoms with Crippen molar-refractivity contribution in [2.24, 2.45) is 5.92 Å². The fourth-order valence-corrected chi connectivity index (χ4v) is 2.19. The Kier molecular flexibility index (Phi) is 3.21.